The molecule has 2 heterocycles. The van der Waals surface area contributed by atoms with Crippen LogP contribution in [-0.2, 0) is 4.79 Å². The molecule has 2 aliphatic carbocycles. The minimum atomic E-state index is 0.0863. The van der Waals surface area contributed by atoms with Crippen molar-refractivity contribution in [2.75, 3.05) is 17.7 Å². The van der Waals surface area contributed by atoms with Gasteiger partial charge in [0.05, 0.1) is 0 Å². The van der Waals surface area contributed by atoms with Gasteiger partial charge in [0.1, 0.15) is 11.6 Å². The molecule has 0 atom stereocenters. The van der Waals surface area contributed by atoms with E-state index >= 15 is 0 Å². The number of allylic oxidation sites excluding steroid dienone is 2. The summed E-state index contributed by atoms with van der Waals surface area (Å²) in [5.74, 6) is 1.71. The Labute approximate surface area is 141 Å². The lowest BCUT2D eigenvalue weighted by atomic mass is 9.92. The maximum atomic E-state index is 12.0. The average molecular weight is 322 g/mol. The summed E-state index contributed by atoms with van der Waals surface area (Å²) in [6.45, 7) is 0. The van der Waals surface area contributed by atoms with Crippen LogP contribution >= 0.6 is 0 Å². The zero-order valence-corrected chi connectivity index (χ0v) is 13.9. The van der Waals surface area contributed by atoms with Crippen molar-refractivity contribution >= 4 is 33.9 Å². The Hall–Kier alpha value is -2.43. The normalized spacial score (nSPS) is 17.5. The molecular formula is C19H22N4O. The largest absolute Gasteiger partial charge is 0.373 e. The first-order chi connectivity index (χ1) is 11.8. The number of hydrogen-bond donors (Lipinski definition) is 2. The van der Waals surface area contributed by atoms with Gasteiger partial charge in [0, 0.05) is 36.3 Å². The zero-order chi connectivity index (χ0) is 16.5. The molecule has 0 aliphatic heterocycles. The van der Waals surface area contributed by atoms with E-state index in [1.165, 1.54) is 18.4 Å². The van der Waals surface area contributed by atoms with Crippen LogP contribution in [0.4, 0.5) is 11.6 Å². The van der Waals surface area contributed by atoms with Crippen LogP contribution in [0.25, 0.3) is 16.3 Å². The highest BCUT2D eigenvalue weighted by Gasteiger charge is 2.29. The number of amides is 1. The molecular weight excluding hydrogens is 300 g/mol. The van der Waals surface area contributed by atoms with Crippen molar-refractivity contribution in [2.45, 2.75) is 38.5 Å². The summed E-state index contributed by atoms with van der Waals surface area (Å²) in [7, 11) is 1.87. The second-order valence-corrected chi connectivity index (χ2v) is 6.62. The van der Waals surface area contributed by atoms with Gasteiger partial charge in [-0.3, -0.25) is 4.79 Å². The van der Waals surface area contributed by atoms with Gasteiger partial charge in [0.2, 0.25) is 5.91 Å². The molecule has 2 aliphatic rings. The lowest BCUT2D eigenvalue weighted by Gasteiger charge is -2.16. The molecule has 0 aromatic carbocycles. The number of rotatable bonds is 4. The van der Waals surface area contributed by atoms with Gasteiger partial charge >= 0.3 is 0 Å². The molecule has 1 amide bonds. The SMILES string of the molecule is CNc1ncc(C2=CCCCC2)c2cc(NC(=O)C3CC3)ncc12. The van der Waals surface area contributed by atoms with Crippen LogP contribution in [0.2, 0.25) is 0 Å². The van der Waals surface area contributed by atoms with Crippen LogP contribution < -0.4 is 10.6 Å². The number of anilines is 2. The number of pyridine rings is 2. The fourth-order valence-corrected chi connectivity index (χ4v) is 3.32. The number of aromatic nitrogens is 2. The van der Waals surface area contributed by atoms with Gasteiger partial charge < -0.3 is 10.6 Å². The molecule has 0 unspecified atom stereocenters. The van der Waals surface area contributed by atoms with Crippen LogP contribution in [-0.4, -0.2) is 22.9 Å². The van der Waals surface area contributed by atoms with E-state index in [9.17, 15) is 4.79 Å². The van der Waals surface area contributed by atoms with E-state index in [0.717, 1.165) is 47.8 Å². The van der Waals surface area contributed by atoms with Gasteiger partial charge in [-0.25, -0.2) is 9.97 Å². The molecule has 4 rings (SSSR count). The maximum absolute atomic E-state index is 12.0. The minimum Gasteiger partial charge on any atom is -0.373 e. The Bertz CT molecular complexity index is 823. The summed E-state index contributed by atoms with van der Waals surface area (Å²) in [6.07, 6.45) is 12.7. The van der Waals surface area contributed by atoms with Crippen LogP contribution in [0.3, 0.4) is 0 Å². The van der Waals surface area contributed by atoms with Crippen LogP contribution in [0.15, 0.2) is 24.5 Å². The predicted molar refractivity (Wildman–Crippen MR) is 96.9 cm³/mol. The third-order valence-corrected chi connectivity index (χ3v) is 4.85. The molecule has 0 bridgehead atoms. The molecule has 5 nitrogen and oxygen atoms in total. The quantitative estimate of drug-likeness (QED) is 0.893. The van der Waals surface area contributed by atoms with Crippen LogP contribution in [0.5, 0.6) is 0 Å². The van der Waals surface area contributed by atoms with Crippen molar-refractivity contribution in [1.29, 1.82) is 0 Å². The molecule has 1 fully saturated rings. The number of nitrogens with zero attached hydrogens (tertiary/aromatic N) is 2. The van der Waals surface area contributed by atoms with E-state index in [0.29, 0.717) is 5.82 Å². The number of nitrogens with one attached hydrogen (secondary N) is 2. The monoisotopic (exact) mass is 322 g/mol. The van der Waals surface area contributed by atoms with Crippen molar-refractivity contribution < 1.29 is 4.79 Å². The highest BCUT2D eigenvalue weighted by molar-refractivity contribution is 6.02. The average Bonchev–Trinajstić information content (AvgIpc) is 3.46. The Kier molecular flexibility index (Phi) is 3.92. The van der Waals surface area contributed by atoms with E-state index in [2.05, 4.69) is 26.7 Å². The summed E-state index contributed by atoms with van der Waals surface area (Å²) >= 11 is 0. The van der Waals surface area contributed by atoms with Crippen molar-refractivity contribution in [1.82, 2.24) is 9.97 Å². The molecule has 24 heavy (non-hydrogen) atoms. The molecule has 1 saturated carbocycles. The first-order valence-electron chi connectivity index (χ1n) is 8.73. The summed E-state index contributed by atoms with van der Waals surface area (Å²) in [6, 6.07) is 1.99. The standard InChI is InChI=1S/C19H22N4O/c1-20-18-16-11-21-17(23-19(24)13-7-8-13)9-14(16)15(10-22-18)12-5-3-2-4-6-12/h5,9-11,13H,2-4,6-8H2,1H3,(H,20,22)(H,21,23,24). The summed E-state index contributed by atoms with van der Waals surface area (Å²) in [5, 5.41) is 8.18. The van der Waals surface area contributed by atoms with Gasteiger partial charge in [0.15, 0.2) is 0 Å². The predicted octanol–water partition coefficient (Wildman–Crippen LogP) is 3.98. The van der Waals surface area contributed by atoms with Gasteiger partial charge in [-0.1, -0.05) is 6.08 Å². The Morgan fingerprint density at radius 1 is 1.17 bits per heavy atom. The van der Waals surface area contributed by atoms with Crippen LogP contribution in [0, 0.1) is 5.92 Å². The molecule has 0 spiro atoms. The molecule has 2 aromatic rings. The van der Waals surface area contributed by atoms with Crippen molar-refractivity contribution in [3.63, 3.8) is 0 Å². The molecule has 0 radical (unpaired) electrons. The third-order valence-electron chi connectivity index (χ3n) is 4.85. The van der Waals surface area contributed by atoms with Crippen LogP contribution in [0.1, 0.15) is 44.1 Å². The van der Waals surface area contributed by atoms with E-state index in [4.69, 9.17) is 0 Å². The number of hydrogen-bond acceptors (Lipinski definition) is 4. The molecule has 2 aromatic heterocycles. The second kappa shape index (κ2) is 6.23. The van der Waals surface area contributed by atoms with E-state index in [1.807, 2.05) is 25.5 Å². The Morgan fingerprint density at radius 2 is 2.04 bits per heavy atom. The lowest BCUT2D eigenvalue weighted by Crippen LogP contribution is -2.14. The number of fused-ring (bicyclic) bond motifs is 1. The van der Waals surface area contributed by atoms with Crippen molar-refractivity contribution in [3.05, 3.63) is 30.1 Å². The van der Waals surface area contributed by atoms with E-state index < -0.39 is 0 Å². The molecule has 2 N–H and O–H groups in total. The number of carbonyl (C=O) groups excluding carboxylic acids is 1. The Morgan fingerprint density at radius 3 is 2.75 bits per heavy atom. The summed E-state index contributed by atoms with van der Waals surface area (Å²) in [5.41, 5.74) is 2.51. The molecule has 124 valence electrons. The second-order valence-electron chi connectivity index (χ2n) is 6.62. The lowest BCUT2D eigenvalue weighted by molar-refractivity contribution is -0.117. The van der Waals surface area contributed by atoms with Gasteiger partial charge in [-0.2, -0.15) is 0 Å². The topological polar surface area (TPSA) is 66.9 Å². The fourth-order valence-electron chi connectivity index (χ4n) is 3.32. The molecule has 5 heteroatoms. The summed E-state index contributed by atoms with van der Waals surface area (Å²) in [4.78, 5) is 21.0. The highest BCUT2D eigenvalue weighted by Crippen LogP contribution is 2.35. The highest BCUT2D eigenvalue weighted by atomic mass is 16.2. The van der Waals surface area contributed by atoms with Gasteiger partial charge in [0.25, 0.3) is 0 Å². The Balaban J connectivity index is 1.79. The minimum absolute atomic E-state index is 0.0863. The fraction of sp³-hybridized carbons (Fsp3) is 0.421. The molecule has 0 saturated heterocycles. The smallest absolute Gasteiger partial charge is 0.228 e. The first-order valence-corrected chi connectivity index (χ1v) is 8.73. The van der Waals surface area contributed by atoms with Gasteiger partial charge in [-0.15, -0.1) is 0 Å². The maximum Gasteiger partial charge on any atom is 0.228 e. The van der Waals surface area contributed by atoms with Gasteiger partial charge in [-0.05, 0) is 55.6 Å². The van der Waals surface area contributed by atoms with Crippen molar-refractivity contribution in [2.24, 2.45) is 5.92 Å². The number of carbonyl (C=O) groups is 1. The third kappa shape index (κ3) is 2.86. The summed E-state index contributed by atoms with van der Waals surface area (Å²) < 4.78 is 0. The van der Waals surface area contributed by atoms with E-state index in [1.54, 1.807) is 0 Å². The first kappa shape index (κ1) is 15.1. The van der Waals surface area contributed by atoms with Crippen molar-refractivity contribution in [3.8, 4) is 0 Å². The zero-order valence-electron chi connectivity index (χ0n) is 13.9. The van der Waals surface area contributed by atoms with E-state index in [-0.39, 0.29) is 11.8 Å².